The van der Waals surface area contributed by atoms with Crippen LogP contribution in [0, 0.1) is 6.92 Å². The van der Waals surface area contributed by atoms with Gasteiger partial charge in [0.05, 0.1) is 5.70 Å². The van der Waals surface area contributed by atoms with E-state index in [9.17, 15) is 4.79 Å². The van der Waals surface area contributed by atoms with Crippen LogP contribution in [0.25, 0.3) is 6.08 Å². The minimum Gasteiger partial charge on any atom is -0.340 e. The quantitative estimate of drug-likeness (QED) is 0.513. The maximum absolute atomic E-state index is 13.2. The van der Waals surface area contributed by atoms with Gasteiger partial charge in [0.15, 0.2) is 0 Å². The Morgan fingerprint density at radius 2 is 1.96 bits per heavy atom. The fourth-order valence-electron chi connectivity index (χ4n) is 4.17. The van der Waals surface area contributed by atoms with E-state index in [-0.39, 0.29) is 11.9 Å². The van der Waals surface area contributed by atoms with Gasteiger partial charge in [0.2, 0.25) is 0 Å². The second-order valence-corrected chi connectivity index (χ2v) is 8.83. The molecule has 1 saturated carbocycles. The predicted molar refractivity (Wildman–Crippen MR) is 114 cm³/mol. The highest BCUT2D eigenvalue weighted by Gasteiger charge is 2.40. The Labute approximate surface area is 165 Å². The molecule has 1 aromatic carbocycles. The number of likely N-dealkylation sites (N-methyl/N-ethyl adjacent to an activating group) is 1. The van der Waals surface area contributed by atoms with Crippen molar-refractivity contribution in [1.29, 1.82) is 0 Å². The Balaban J connectivity index is 1.71. The molecule has 0 radical (unpaired) electrons. The standard InChI is InChI=1S/C21H24N2OS2/c1-3-22-17-11-9-14(2)13-15(17)10-12-18(22)19-20(24)23(21(25)26-19)16-7-5-4-6-8-16/h9-13,16H,3-8H2,1-2H3/b19-18+. The van der Waals surface area contributed by atoms with E-state index >= 15 is 0 Å². The molecule has 3 aliphatic rings. The average molecular weight is 385 g/mol. The van der Waals surface area contributed by atoms with Gasteiger partial charge in [0.25, 0.3) is 5.91 Å². The van der Waals surface area contributed by atoms with Gasteiger partial charge in [-0.1, -0.05) is 60.9 Å². The Bertz CT molecular complexity index is 821. The van der Waals surface area contributed by atoms with Crippen molar-refractivity contribution in [2.75, 3.05) is 11.4 Å². The van der Waals surface area contributed by atoms with Crippen LogP contribution in [0.1, 0.15) is 50.2 Å². The molecular weight excluding hydrogens is 360 g/mol. The SMILES string of the molecule is CCN1/C(=C2/SC(=S)N(C3CCCCC3)C2=O)C=Cc2cc(C)ccc21. The van der Waals surface area contributed by atoms with Gasteiger partial charge >= 0.3 is 0 Å². The van der Waals surface area contributed by atoms with Crippen molar-refractivity contribution in [2.45, 2.75) is 52.0 Å². The molecule has 1 aliphatic carbocycles. The second kappa shape index (κ2) is 7.20. The highest BCUT2D eigenvalue weighted by atomic mass is 32.2. The topological polar surface area (TPSA) is 23.6 Å². The predicted octanol–water partition coefficient (Wildman–Crippen LogP) is 5.25. The molecule has 1 saturated heterocycles. The van der Waals surface area contributed by atoms with Gasteiger partial charge < -0.3 is 4.90 Å². The van der Waals surface area contributed by atoms with Gasteiger partial charge in [-0.2, -0.15) is 0 Å². The lowest BCUT2D eigenvalue weighted by molar-refractivity contribution is -0.124. The number of carbonyl (C=O) groups is 1. The molecular formula is C21H24N2OS2. The van der Waals surface area contributed by atoms with Crippen molar-refractivity contribution in [2.24, 2.45) is 0 Å². The molecule has 2 heterocycles. The summed E-state index contributed by atoms with van der Waals surface area (Å²) in [4.78, 5) is 18.2. The summed E-state index contributed by atoms with van der Waals surface area (Å²) in [5.74, 6) is 0.0977. The molecule has 0 N–H and O–H groups in total. The summed E-state index contributed by atoms with van der Waals surface area (Å²) in [6, 6.07) is 6.76. The Morgan fingerprint density at radius 1 is 1.19 bits per heavy atom. The summed E-state index contributed by atoms with van der Waals surface area (Å²) in [7, 11) is 0. The third kappa shape index (κ3) is 3.01. The largest absolute Gasteiger partial charge is 0.340 e. The van der Waals surface area contributed by atoms with E-state index in [4.69, 9.17) is 12.2 Å². The fourth-order valence-corrected chi connectivity index (χ4v) is 5.62. The molecule has 2 aliphatic heterocycles. The maximum atomic E-state index is 13.2. The zero-order chi connectivity index (χ0) is 18.3. The van der Waals surface area contributed by atoms with Gasteiger partial charge in [-0.3, -0.25) is 9.69 Å². The van der Waals surface area contributed by atoms with Crippen LogP contribution in [0.3, 0.4) is 0 Å². The Morgan fingerprint density at radius 3 is 2.69 bits per heavy atom. The lowest BCUT2D eigenvalue weighted by atomic mass is 9.94. The molecule has 26 heavy (non-hydrogen) atoms. The van der Waals surface area contributed by atoms with Gasteiger partial charge in [-0.05, 0) is 50.5 Å². The number of thioether (sulfide) groups is 1. The van der Waals surface area contributed by atoms with Crippen molar-refractivity contribution >= 4 is 46.0 Å². The first kappa shape index (κ1) is 17.8. The molecule has 4 rings (SSSR count). The molecule has 0 bridgehead atoms. The number of fused-ring (bicyclic) bond motifs is 1. The fraction of sp³-hybridized carbons (Fsp3) is 0.429. The van der Waals surface area contributed by atoms with Crippen LogP contribution in [0.2, 0.25) is 0 Å². The lowest BCUT2D eigenvalue weighted by Crippen LogP contribution is -2.40. The minimum absolute atomic E-state index is 0.0977. The van der Waals surface area contributed by atoms with Crippen molar-refractivity contribution in [3.63, 3.8) is 0 Å². The zero-order valence-corrected chi connectivity index (χ0v) is 17.0. The Hall–Kier alpha value is -1.59. The highest BCUT2D eigenvalue weighted by Crippen LogP contribution is 2.41. The number of benzene rings is 1. The first-order chi connectivity index (χ1) is 12.6. The first-order valence-corrected chi connectivity index (χ1v) is 10.7. The number of hydrogen-bond acceptors (Lipinski definition) is 4. The van der Waals surface area contributed by atoms with Crippen LogP contribution in [-0.2, 0) is 4.79 Å². The zero-order valence-electron chi connectivity index (χ0n) is 15.3. The van der Waals surface area contributed by atoms with Crippen LogP contribution in [-0.4, -0.2) is 27.7 Å². The van der Waals surface area contributed by atoms with Crippen LogP contribution in [0.4, 0.5) is 5.69 Å². The van der Waals surface area contributed by atoms with E-state index in [0.717, 1.165) is 34.3 Å². The summed E-state index contributed by atoms with van der Waals surface area (Å²) < 4.78 is 0.726. The summed E-state index contributed by atoms with van der Waals surface area (Å²) in [6.45, 7) is 5.06. The molecule has 0 atom stereocenters. The third-order valence-corrected chi connectivity index (χ3v) is 6.88. The molecule has 2 fully saturated rings. The van der Waals surface area contributed by atoms with E-state index in [2.05, 4.69) is 49.1 Å². The van der Waals surface area contributed by atoms with E-state index < -0.39 is 0 Å². The smallest absolute Gasteiger partial charge is 0.268 e. The molecule has 0 spiro atoms. The van der Waals surface area contributed by atoms with Crippen molar-refractivity contribution < 1.29 is 4.79 Å². The second-order valence-electron chi connectivity index (χ2n) is 7.19. The van der Waals surface area contributed by atoms with E-state index in [1.165, 1.54) is 47.8 Å². The van der Waals surface area contributed by atoms with Gasteiger partial charge in [-0.25, -0.2) is 0 Å². The number of amides is 1. The molecule has 0 aromatic heterocycles. The molecule has 136 valence electrons. The van der Waals surface area contributed by atoms with E-state index in [0.29, 0.717) is 0 Å². The number of nitrogens with zero attached hydrogens (tertiary/aromatic N) is 2. The van der Waals surface area contributed by atoms with Crippen LogP contribution >= 0.6 is 24.0 Å². The number of carbonyl (C=O) groups excluding carboxylic acids is 1. The van der Waals surface area contributed by atoms with Crippen LogP contribution in [0.15, 0.2) is 34.9 Å². The van der Waals surface area contributed by atoms with Crippen LogP contribution < -0.4 is 4.90 Å². The van der Waals surface area contributed by atoms with Crippen LogP contribution in [0.5, 0.6) is 0 Å². The van der Waals surface area contributed by atoms with E-state index in [1.54, 1.807) is 0 Å². The summed E-state index contributed by atoms with van der Waals surface area (Å²) in [6.07, 6.45) is 10.0. The van der Waals surface area contributed by atoms with Gasteiger partial charge in [0, 0.05) is 18.3 Å². The monoisotopic (exact) mass is 384 g/mol. The molecule has 0 unspecified atom stereocenters. The number of hydrogen-bond donors (Lipinski definition) is 0. The molecule has 3 nitrogen and oxygen atoms in total. The third-order valence-electron chi connectivity index (χ3n) is 5.47. The normalized spacial score (nSPS) is 23.8. The molecule has 1 aromatic rings. The summed E-state index contributed by atoms with van der Waals surface area (Å²) in [5, 5.41) is 0. The van der Waals surface area contributed by atoms with Gasteiger partial charge in [-0.15, -0.1) is 0 Å². The number of thiocarbonyl (C=S) groups is 1. The lowest BCUT2D eigenvalue weighted by Gasteiger charge is -2.31. The maximum Gasteiger partial charge on any atom is 0.268 e. The average Bonchev–Trinajstić information content (AvgIpc) is 2.95. The first-order valence-electron chi connectivity index (χ1n) is 9.46. The van der Waals surface area contributed by atoms with E-state index in [1.807, 2.05) is 4.90 Å². The number of allylic oxidation sites excluding steroid dienone is 1. The van der Waals surface area contributed by atoms with Crippen molar-refractivity contribution in [3.05, 3.63) is 46.0 Å². The highest BCUT2D eigenvalue weighted by molar-refractivity contribution is 8.26. The summed E-state index contributed by atoms with van der Waals surface area (Å²) in [5.41, 5.74) is 4.60. The van der Waals surface area contributed by atoms with Crippen molar-refractivity contribution in [1.82, 2.24) is 4.90 Å². The van der Waals surface area contributed by atoms with Crippen molar-refractivity contribution in [3.8, 4) is 0 Å². The molecule has 1 amide bonds. The minimum atomic E-state index is 0.0977. The summed E-state index contributed by atoms with van der Waals surface area (Å²) >= 11 is 7.08. The number of aryl methyl sites for hydroxylation is 1. The number of anilines is 1. The molecule has 5 heteroatoms. The Kier molecular flexibility index (Phi) is 4.93. The number of rotatable bonds is 2. The van der Waals surface area contributed by atoms with Gasteiger partial charge in [0.1, 0.15) is 9.23 Å².